The molecule has 69 heavy (non-hydrogen) atoms. The van der Waals surface area contributed by atoms with Crippen molar-refractivity contribution in [1.29, 1.82) is 0 Å². The lowest BCUT2D eigenvalue weighted by molar-refractivity contribution is 0.660. The van der Waals surface area contributed by atoms with Crippen LogP contribution in [0, 0.1) is 0 Å². The van der Waals surface area contributed by atoms with E-state index in [1.165, 1.54) is 22.3 Å². The minimum absolute atomic E-state index is 0.129. The molecule has 5 nitrogen and oxygen atoms in total. The summed E-state index contributed by atoms with van der Waals surface area (Å²) < 4.78 is 0. The first kappa shape index (κ1) is 41.5. The zero-order chi connectivity index (χ0) is 46.3. The van der Waals surface area contributed by atoms with Crippen LogP contribution in [-0.2, 0) is 5.41 Å². The molecule has 9 aromatic carbocycles. The maximum absolute atomic E-state index is 5.22. The van der Waals surface area contributed by atoms with Crippen molar-refractivity contribution in [3.63, 3.8) is 0 Å². The zero-order valence-electron chi connectivity index (χ0n) is 38.3. The predicted octanol–water partition coefficient (Wildman–Crippen LogP) is 16.0. The van der Waals surface area contributed by atoms with Crippen LogP contribution in [0.15, 0.2) is 237 Å². The fourth-order valence-corrected chi connectivity index (χ4v) is 9.67. The molecule has 0 spiro atoms. The van der Waals surface area contributed by atoms with Gasteiger partial charge in [-0.25, -0.2) is 24.9 Å². The average Bonchev–Trinajstić information content (AvgIpc) is 3.66. The molecule has 5 heteroatoms. The molecule has 0 saturated carbocycles. The third-order valence-electron chi connectivity index (χ3n) is 13.4. The van der Waals surface area contributed by atoms with Gasteiger partial charge in [-0.3, -0.25) is 0 Å². The Balaban J connectivity index is 0.923. The molecule has 0 saturated heterocycles. The number of hydrogen-bond acceptors (Lipinski definition) is 5. The second-order valence-corrected chi connectivity index (χ2v) is 18.1. The van der Waals surface area contributed by atoms with E-state index < -0.39 is 0 Å². The Labute approximate surface area is 402 Å². The SMILES string of the molecule is CC1(C)c2ccccc2-c2ccc(-c3cc(-c4cccc(-c5cccc(-c6nc(-c7ccc(-c8ccccc8)cc7)nc(-c7ccc(-c8ccccc8)cc7)n6)c5)c4)nc(-c4ccccc4)n3)cc21. The third-order valence-corrected chi connectivity index (χ3v) is 13.4. The highest BCUT2D eigenvalue weighted by Gasteiger charge is 2.35. The van der Waals surface area contributed by atoms with E-state index in [2.05, 4.69) is 220 Å². The standard InChI is InChI=1S/C64H45N5/c1-64(2)56-27-13-12-26-54(56)55-37-36-52(40-57(55)64)59-41-58(65-60(66-59)46-20-10-5-11-21-46)51-24-14-22-49(38-51)50-23-15-25-53(39-50)63-68-61(47-32-28-44(29-33-47)42-16-6-3-7-17-42)67-62(69-63)48-34-30-45(31-35-48)43-18-8-4-9-19-43/h3-41H,1-2H3. The molecule has 0 atom stereocenters. The Hall–Kier alpha value is -8.93. The Morgan fingerprint density at radius 3 is 1.14 bits per heavy atom. The summed E-state index contributed by atoms with van der Waals surface area (Å²) in [6.07, 6.45) is 0. The Morgan fingerprint density at radius 1 is 0.232 bits per heavy atom. The van der Waals surface area contributed by atoms with Crippen molar-refractivity contribution in [3.05, 3.63) is 248 Å². The molecule has 11 aromatic rings. The summed E-state index contributed by atoms with van der Waals surface area (Å²) in [7, 11) is 0. The maximum atomic E-state index is 5.22. The van der Waals surface area contributed by atoms with Gasteiger partial charge in [-0.1, -0.05) is 226 Å². The number of rotatable bonds is 9. The summed E-state index contributed by atoms with van der Waals surface area (Å²) in [6, 6.07) is 82.7. The van der Waals surface area contributed by atoms with Crippen molar-refractivity contribution in [3.8, 4) is 113 Å². The van der Waals surface area contributed by atoms with E-state index in [0.29, 0.717) is 23.3 Å². The molecule has 326 valence electrons. The smallest absolute Gasteiger partial charge is 0.164 e. The molecule has 0 bridgehead atoms. The van der Waals surface area contributed by atoms with Crippen LogP contribution in [0.2, 0.25) is 0 Å². The second-order valence-electron chi connectivity index (χ2n) is 18.1. The van der Waals surface area contributed by atoms with Gasteiger partial charge >= 0.3 is 0 Å². The number of hydrogen-bond donors (Lipinski definition) is 0. The van der Waals surface area contributed by atoms with Gasteiger partial charge in [-0.05, 0) is 79.9 Å². The normalized spacial score (nSPS) is 12.3. The Bertz CT molecular complexity index is 3560. The molecule has 12 rings (SSSR count). The van der Waals surface area contributed by atoms with Gasteiger partial charge in [0.25, 0.3) is 0 Å². The van der Waals surface area contributed by atoms with Gasteiger partial charge in [0.15, 0.2) is 23.3 Å². The van der Waals surface area contributed by atoms with Crippen molar-refractivity contribution in [2.75, 3.05) is 0 Å². The summed E-state index contributed by atoms with van der Waals surface area (Å²) in [4.78, 5) is 25.8. The lowest BCUT2D eigenvalue weighted by Crippen LogP contribution is -2.14. The molecule has 1 aliphatic rings. The minimum atomic E-state index is -0.129. The first-order valence-electron chi connectivity index (χ1n) is 23.4. The highest BCUT2D eigenvalue weighted by Crippen LogP contribution is 2.49. The Kier molecular flexibility index (Phi) is 10.4. The lowest BCUT2D eigenvalue weighted by Gasteiger charge is -2.22. The van der Waals surface area contributed by atoms with E-state index >= 15 is 0 Å². The molecule has 2 aromatic heterocycles. The highest BCUT2D eigenvalue weighted by atomic mass is 15.0. The first-order chi connectivity index (χ1) is 33.9. The third kappa shape index (κ3) is 8.00. The quantitative estimate of drug-likeness (QED) is 0.144. The first-order valence-corrected chi connectivity index (χ1v) is 23.4. The zero-order valence-corrected chi connectivity index (χ0v) is 38.3. The molecule has 0 radical (unpaired) electrons. The van der Waals surface area contributed by atoms with Crippen LogP contribution in [0.25, 0.3) is 113 Å². The Morgan fingerprint density at radius 2 is 0.580 bits per heavy atom. The van der Waals surface area contributed by atoms with Gasteiger partial charge in [-0.2, -0.15) is 0 Å². The molecule has 0 unspecified atom stereocenters. The van der Waals surface area contributed by atoms with Gasteiger partial charge in [0, 0.05) is 38.8 Å². The van der Waals surface area contributed by atoms with E-state index in [4.69, 9.17) is 24.9 Å². The van der Waals surface area contributed by atoms with E-state index in [0.717, 1.165) is 78.1 Å². The lowest BCUT2D eigenvalue weighted by atomic mass is 9.82. The van der Waals surface area contributed by atoms with Crippen LogP contribution in [-0.4, -0.2) is 24.9 Å². The fourth-order valence-electron chi connectivity index (χ4n) is 9.67. The summed E-state index contributed by atoms with van der Waals surface area (Å²) >= 11 is 0. The summed E-state index contributed by atoms with van der Waals surface area (Å²) in [5, 5.41) is 0. The highest BCUT2D eigenvalue weighted by molar-refractivity contribution is 5.85. The van der Waals surface area contributed by atoms with Crippen molar-refractivity contribution < 1.29 is 0 Å². The van der Waals surface area contributed by atoms with Crippen LogP contribution >= 0.6 is 0 Å². The topological polar surface area (TPSA) is 64.5 Å². The van der Waals surface area contributed by atoms with E-state index in [1.54, 1.807) is 0 Å². The molecule has 2 heterocycles. The van der Waals surface area contributed by atoms with Crippen molar-refractivity contribution in [2.45, 2.75) is 19.3 Å². The molecular formula is C64H45N5. The van der Waals surface area contributed by atoms with Gasteiger partial charge in [0.1, 0.15) is 0 Å². The predicted molar refractivity (Wildman–Crippen MR) is 282 cm³/mol. The van der Waals surface area contributed by atoms with Crippen LogP contribution in [0.3, 0.4) is 0 Å². The summed E-state index contributed by atoms with van der Waals surface area (Å²) in [5.74, 6) is 2.50. The van der Waals surface area contributed by atoms with Gasteiger partial charge in [0.2, 0.25) is 0 Å². The van der Waals surface area contributed by atoms with Gasteiger partial charge < -0.3 is 0 Å². The molecule has 0 N–H and O–H groups in total. The number of fused-ring (bicyclic) bond motifs is 3. The van der Waals surface area contributed by atoms with Gasteiger partial charge in [-0.15, -0.1) is 0 Å². The molecule has 1 aliphatic carbocycles. The van der Waals surface area contributed by atoms with Crippen LogP contribution in [0.5, 0.6) is 0 Å². The molecule has 0 fully saturated rings. The molecule has 0 amide bonds. The molecular weight excluding hydrogens is 839 g/mol. The monoisotopic (exact) mass is 883 g/mol. The van der Waals surface area contributed by atoms with E-state index in [9.17, 15) is 0 Å². The van der Waals surface area contributed by atoms with Crippen molar-refractivity contribution in [1.82, 2.24) is 24.9 Å². The van der Waals surface area contributed by atoms with Crippen molar-refractivity contribution >= 4 is 0 Å². The van der Waals surface area contributed by atoms with Gasteiger partial charge in [0.05, 0.1) is 11.4 Å². The number of nitrogens with zero attached hydrogens (tertiary/aromatic N) is 5. The van der Waals surface area contributed by atoms with Crippen LogP contribution in [0.4, 0.5) is 0 Å². The number of benzene rings is 9. The minimum Gasteiger partial charge on any atom is -0.228 e. The largest absolute Gasteiger partial charge is 0.228 e. The second kappa shape index (κ2) is 17.4. The van der Waals surface area contributed by atoms with Crippen molar-refractivity contribution in [2.24, 2.45) is 0 Å². The summed E-state index contributed by atoms with van der Waals surface area (Å²) in [5.41, 5.74) is 19.3. The van der Waals surface area contributed by atoms with Crippen LogP contribution < -0.4 is 0 Å². The molecule has 0 aliphatic heterocycles. The maximum Gasteiger partial charge on any atom is 0.164 e. The van der Waals surface area contributed by atoms with E-state index in [1.807, 2.05) is 30.3 Å². The summed E-state index contributed by atoms with van der Waals surface area (Å²) in [6.45, 7) is 4.63. The average molecular weight is 884 g/mol. The van der Waals surface area contributed by atoms with E-state index in [-0.39, 0.29) is 5.41 Å². The van der Waals surface area contributed by atoms with Crippen LogP contribution in [0.1, 0.15) is 25.0 Å². The fraction of sp³-hybridized carbons (Fsp3) is 0.0469. The number of aromatic nitrogens is 5.